The Labute approximate surface area is 158 Å². The molecule has 0 spiro atoms. The van der Waals surface area contributed by atoms with Crippen LogP contribution in [0.1, 0.15) is 26.2 Å². The van der Waals surface area contributed by atoms with Gasteiger partial charge in [-0.2, -0.15) is 11.8 Å². The van der Waals surface area contributed by atoms with E-state index in [2.05, 4.69) is 40.8 Å². The van der Waals surface area contributed by atoms with Gasteiger partial charge < -0.3 is 20.3 Å². The van der Waals surface area contributed by atoms with Gasteiger partial charge in [-0.05, 0) is 45.2 Å². The van der Waals surface area contributed by atoms with E-state index in [1.807, 2.05) is 11.8 Å². The van der Waals surface area contributed by atoms with E-state index in [0.29, 0.717) is 0 Å². The Morgan fingerprint density at radius 3 is 2.59 bits per heavy atom. The molecule has 0 bridgehead atoms. The molecule has 22 heavy (non-hydrogen) atoms. The second-order valence-electron chi connectivity index (χ2n) is 5.04. The Balaban J connectivity index is 0. The number of halogens is 1. The summed E-state index contributed by atoms with van der Waals surface area (Å²) in [4.78, 5) is 6.92. The highest BCUT2D eigenvalue weighted by atomic mass is 127. The molecule has 0 saturated carbocycles. The number of aliphatic imine (C=N–C) groups is 1. The van der Waals surface area contributed by atoms with Crippen molar-refractivity contribution in [1.82, 2.24) is 15.5 Å². The van der Waals surface area contributed by atoms with Crippen molar-refractivity contribution < 1.29 is 4.74 Å². The zero-order valence-electron chi connectivity index (χ0n) is 14.7. The lowest BCUT2D eigenvalue weighted by Gasteiger charge is -2.18. The van der Waals surface area contributed by atoms with Crippen molar-refractivity contribution in [3.8, 4) is 0 Å². The molecule has 0 saturated heterocycles. The molecule has 7 heteroatoms. The Hall–Kier alpha value is 0.270. The summed E-state index contributed by atoms with van der Waals surface area (Å²) < 4.78 is 5.07. The molecule has 0 aromatic carbocycles. The van der Waals surface area contributed by atoms with Crippen LogP contribution in [0.4, 0.5) is 0 Å². The fourth-order valence-corrected chi connectivity index (χ4v) is 2.34. The number of hydrogen-bond donors (Lipinski definition) is 2. The van der Waals surface area contributed by atoms with Crippen molar-refractivity contribution in [2.24, 2.45) is 4.99 Å². The molecule has 0 atom stereocenters. The van der Waals surface area contributed by atoms with Gasteiger partial charge in [0, 0.05) is 46.4 Å². The largest absolute Gasteiger partial charge is 0.385 e. The first-order valence-corrected chi connectivity index (χ1v) is 9.32. The van der Waals surface area contributed by atoms with Crippen LogP contribution in [-0.4, -0.2) is 76.4 Å². The average molecular weight is 446 g/mol. The van der Waals surface area contributed by atoms with Gasteiger partial charge in [-0.3, -0.25) is 4.99 Å². The van der Waals surface area contributed by atoms with Gasteiger partial charge in [-0.15, -0.1) is 24.0 Å². The van der Waals surface area contributed by atoms with Gasteiger partial charge in [0.2, 0.25) is 0 Å². The van der Waals surface area contributed by atoms with E-state index in [1.165, 1.54) is 12.2 Å². The monoisotopic (exact) mass is 446 g/mol. The predicted molar refractivity (Wildman–Crippen MR) is 111 cm³/mol. The van der Waals surface area contributed by atoms with E-state index in [4.69, 9.17) is 4.74 Å². The van der Waals surface area contributed by atoms with Gasteiger partial charge in [0.25, 0.3) is 0 Å². The number of guanidine groups is 1. The minimum absolute atomic E-state index is 0. The second-order valence-corrected chi connectivity index (χ2v) is 6.02. The number of nitrogens with zero attached hydrogens (tertiary/aromatic N) is 2. The highest BCUT2D eigenvalue weighted by molar-refractivity contribution is 14.0. The normalized spacial score (nSPS) is 11.4. The number of likely N-dealkylation sites (N-methyl/N-ethyl adjacent to an activating group) is 1. The average Bonchev–Trinajstić information content (AvgIpc) is 2.47. The first kappa shape index (κ1) is 24.5. The predicted octanol–water partition coefficient (Wildman–Crippen LogP) is 2.27. The van der Waals surface area contributed by atoms with E-state index in [-0.39, 0.29) is 24.0 Å². The third-order valence-electron chi connectivity index (χ3n) is 3.04. The summed E-state index contributed by atoms with van der Waals surface area (Å²) in [5.41, 5.74) is 0. The molecule has 2 N–H and O–H groups in total. The molecule has 0 radical (unpaired) electrons. The Morgan fingerprint density at radius 1 is 1.18 bits per heavy atom. The second kappa shape index (κ2) is 19.3. The summed E-state index contributed by atoms with van der Waals surface area (Å²) in [5, 5.41) is 6.69. The lowest BCUT2D eigenvalue weighted by molar-refractivity contribution is 0.180. The smallest absolute Gasteiger partial charge is 0.191 e. The van der Waals surface area contributed by atoms with Gasteiger partial charge >= 0.3 is 0 Å². The number of ether oxygens (including phenoxy) is 1. The highest BCUT2D eigenvalue weighted by Gasteiger charge is 2.00. The Kier molecular flexibility index (Phi) is 21.5. The van der Waals surface area contributed by atoms with Gasteiger partial charge in [0.15, 0.2) is 5.96 Å². The molecule has 0 aliphatic carbocycles. The molecule has 0 heterocycles. The van der Waals surface area contributed by atoms with Crippen LogP contribution in [0, 0.1) is 0 Å². The number of thioether (sulfide) groups is 1. The zero-order chi connectivity index (χ0) is 15.8. The van der Waals surface area contributed by atoms with Crippen LogP contribution in [0.3, 0.4) is 0 Å². The SMILES string of the molecule is CCNC(=NCCCCSC)NCCN(C)CCCOC.I. The van der Waals surface area contributed by atoms with Gasteiger partial charge in [-0.25, -0.2) is 0 Å². The first-order valence-electron chi connectivity index (χ1n) is 7.93. The topological polar surface area (TPSA) is 48.9 Å². The van der Waals surface area contributed by atoms with E-state index < -0.39 is 0 Å². The minimum atomic E-state index is 0. The first-order chi connectivity index (χ1) is 10.2. The Bertz CT molecular complexity index is 258. The number of rotatable bonds is 13. The van der Waals surface area contributed by atoms with Gasteiger partial charge in [0.1, 0.15) is 0 Å². The molecule has 134 valence electrons. The van der Waals surface area contributed by atoms with Gasteiger partial charge in [-0.1, -0.05) is 0 Å². The van der Waals surface area contributed by atoms with Crippen molar-refractivity contribution in [1.29, 1.82) is 0 Å². The molecular formula is C15H35IN4OS. The fraction of sp³-hybridized carbons (Fsp3) is 0.933. The van der Waals surface area contributed by atoms with E-state index in [0.717, 1.165) is 58.1 Å². The molecular weight excluding hydrogens is 411 g/mol. The van der Waals surface area contributed by atoms with Crippen molar-refractivity contribution in [3.63, 3.8) is 0 Å². The van der Waals surface area contributed by atoms with E-state index in [9.17, 15) is 0 Å². The highest BCUT2D eigenvalue weighted by Crippen LogP contribution is 1.98. The molecule has 0 fully saturated rings. The van der Waals surface area contributed by atoms with Crippen molar-refractivity contribution >= 4 is 41.7 Å². The third kappa shape index (κ3) is 16.6. The van der Waals surface area contributed by atoms with Crippen LogP contribution < -0.4 is 10.6 Å². The van der Waals surface area contributed by atoms with E-state index in [1.54, 1.807) is 7.11 Å². The molecule has 5 nitrogen and oxygen atoms in total. The number of unbranched alkanes of at least 4 members (excludes halogenated alkanes) is 1. The summed E-state index contributed by atoms with van der Waals surface area (Å²) in [6.45, 7) is 7.73. The van der Waals surface area contributed by atoms with Crippen LogP contribution >= 0.6 is 35.7 Å². The lowest BCUT2D eigenvalue weighted by atomic mass is 10.3. The maximum Gasteiger partial charge on any atom is 0.191 e. The maximum atomic E-state index is 5.07. The summed E-state index contributed by atoms with van der Waals surface area (Å²) in [5.74, 6) is 2.16. The molecule has 0 aliphatic heterocycles. The molecule has 0 aliphatic rings. The van der Waals surface area contributed by atoms with Crippen LogP contribution in [-0.2, 0) is 4.74 Å². The summed E-state index contributed by atoms with van der Waals surface area (Å²) in [6, 6.07) is 0. The Morgan fingerprint density at radius 2 is 1.95 bits per heavy atom. The minimum Gasteiger partial charge on any atom is -0.385 e. The molecule has 0 amide bonds. The van der Waals surface area contributed by atoms with Crippen LogP contribution in [0.15, 0.2) is 4.99 Å². The van der Waals surface area contributed by atoms with Crippen molar-refractivity contribution in [2.75, 3.05) is 65.5 Å². The maximum absolute atomic E-state index is 5.07. The molecule has 0 rings (SSSR count). The van der Waals surface area contributed by atoms with Crippen LogP contribution in [0.5, 0.6) is 0 Å². The lowest BCUT2D eigenvalue weighted by Crippen LogP contribution is -2.41. The number of methoxy groups -OCH3 is 1. The quantitative estimate of drug-likeness (QED) is 0.197. The van der Waals surface area contributed by atoms with Crippen LogP contribution in [0.25, 0.3) is 0 Å². The zero-order valence-corrected chi connectivity index (χ0v) is 17.8. The number of hydrogen-bond acceptors (Lipinski definition) is 4. The van der Waals surface area contributed by atoms with Crippen LogP contribution in [0.2, 0.25) is 0 Å². The van der Waals surface area contributed by atoms with E-state index >= 15 is 0 Å². The van der Waals surface area contributed by atoms with Crippen molar-refractivity contribution in [2.45, 2.75) is 26.2 Å². The molecule has 0 aromatic rings. The molecule has 0 unspecified atom stereocenters. The number of nitrogens with one attached hydrogen (secondary N) is 2. The summed E-state index contributed by atoms with van der Waals surface area (Å²) in [6.07, 6.45) is 5.63. The standard InChI is InChI=1S/C15H34N4OS.HI/c1-5-16-15(17-9-6-7-14-21-4)18-10-12-19(2)11-8-13-20-3;/h5-14H2,1-4H3,(H2,16,17,18);1H. The molecule has 0 aromatic heterocycles. The summed E-state index contributed by atoms with van der Waals surface area (Å²) >= 11 is 1.90. The van der Waals surface area contributed by atoms with Gasteiger partial charge in [0.05, 0.1) is 0 Å². The third-order valence-corrected chi connectivity index (χ3v) is 3.74. The van der Waals surface area contributed by atoms with Crippen molar-refractivity contribution in [3.05, 3.63) is 0 Å². The fourth-order valence-electron chi connectivity index (χ4n) is 1.85. The summed E-state index contributed by atoms with van der Waals surface area (Å²) in [7, 11) is 3.89.